The first kappa shape index (κ1) is 25.4. The lowest BCUT2D eigenvalue weighted by atomic mass is 10.2. The Morgan fingerprint density at radius 2 is 1.15 bits per heavy atom. The molecule has 0 aliphatic rings. The summed E-state index contributed by atoms with van der Waals surface area (Å²) in [5, 5.41) is 7.27. The molecule has 0 bridgehead atoms. The highest BCUT2D eigenvalue weighted by molar-refractivity contribution is 8.93. The minimum atomic E-state index is -2.07. The lowest BCUT2D eigenvalue weighted by molar-refractivity contribution is 0.0602. The Labute approximate surface area is 212 Å². The number of nitrogens with one attached hydrogen (secondary N) is 1. The molecule has 0 aromatic heterocycles. The molecule has 0 aliphatic heterocycles. The summed E-state index contributed by atoms with van der Waals surface area (Å²) < 4.78 is 4.97. The van der Waals surface area contributed by atoms with Gasteiger partial charge in [-0.3, -0.25) is 0 Å². The first-order valence-corrected chi connectivity index (χ1v) is 12.8. The number of para-hydroxylation sites is 1. The normalized spacial score (nSPS) is 10.6. The summed E-state index contributed by atoms with van der Waals surface area (Å²) in [7, 11) is -0.677. The van der Waals surface area contributed by atoms with Gasteiger partial charge in [0.1, 0.15) is 29.3 Å². The van der Waals surface area contributed by atoms with E-state index in [1.165, 1.54) is 23.0 Å². The Hall–Kier alpha value is -3.20. The summed E-state index contributed by atoms with van der Waals surface area (Å²) in [5.74, 6) is -0.374. The number of esters is 1. The lowest BCUT2D eigenvalue weighted by Crippen LogP contribution is -2.34. The zero-order valence-electron chi connectivity index (χ0n) is 19.1. The Morgan fingerprint density at radius 1 is 0.735 bits per heavy atom. The maximum atomic E-state index is 12.3. The van der Waals surface area contributed by atoms with Gasteiger partial charge in [-0.25, -0.2) is 4.79 Å². The second kappa shape index (κ2) is 11.8. The van der Waals surface area contributed by atoms with E-state index < -0.39 is 7.26 Å². The van der Waals surface area contributed by atoms with Crippen molar-refractivity contribution >= 4 is 51.8 Å². The highest BCUT2D eigenvalue weighted by Crippen LogP contribution is 2.56. The number of hydrogen-bond donors (Lipinski definition) is 1. The molecule has 5 heteroatoms. The number of rotatable bonds is 8. The number of hydrogen-bond acceptors (Lipinski definition) is 3. The molecule has 172 valence electrons. The summed E-state index contributed by atoms with van der Waals surface area (Å²) in [6.45, 7) is 4.40. The molecule has 1 N–H and O–H groups in total. The third-order valence-electron chi connectivity index (χ3n) is 5.66. The fourth-order valence-corrected chi connectivity index (χ4v) is 8.30. The van der Waals surface area contributed by atoms with Gasteiger partial charge in [0.25, 0.3) is 0 Å². The van der Waals surface area contributed by atoms with Crippen molar-refractivity contribution < 1.29 is 9.53 Å². The number of allylic oxidation sites excluding steroid dienone is 1. The fraction of sp³-hybridized carbons (Fsp3) is 0.0690. The minimum absolute atomic E-state index is 0. The van der Waals surface area contributed by atoms with Crippen molar-refractivity contribution in [1.29, 1.82) is 0 Å². The third kappa shape index (κ3) is 5.30. The van der Waals surface area contributed by atoms with Crippen LogP contribution in [0.4, 0.5) is 5.69 Å². The molecule has 0 saturated carbocycles. The van der Waals surface area contributed by atoms with Gasteiger partial charge in [0.2, 0.25) is 0 Å². The van der Waals surface area contributed by atoms with Gasteiger partial charge >= 0.3 is 5.97 Å². The van der Waals surface area contributed by atoms with E-state index in [0.717, 1.165) is 5.70 Å². The van der Waals surface area contributed by atoms with Gasteiger partial charge < -0.3 is 10.1 Å². The highest BCUT2D eigenvalue weighted by Gasteiger charge is 2.45. The van der Waals surface area contributed by atoms with Crippen molar-refractivity contribution in [2.75, 3.05) is 18.6 Å². The predicted octanol–water partition coefficient (Wildman–Crippen LogP) is 5.97. The SMILES string of the molecule is Br.C=C(C[P+](c1ccccc1)(c1ccccc1)c1ccccc1)Nc1ccccc1C(=O)OC. The zero-order valence-corrected chi connectivity index (χ0v) is 21.7. The number of ether oxygens (including phenoxy) is 1. The van der Waals surface area contributed by atoms with Crippen LogP contribution < -0.4 is 21.2 Å². The summed E-state index contributed by atoms with van der Waals surface area (Å²) in [4.78, 5) is 12.3. The van der Waals surface area contributed by atoms with Crippen molar-refractivity contribution in [3.8, 4) is 0 Å². The molecule has 34 heavy (non-hydrogen) atoms. The first-order valence-electron chi connectivity index (χ1n) is 10.8. The fourth-order valence-electron chi connectivity index (χ4n) is 4.16. The van der Waals surface area contributed by atoms with Crippen LogP contribution in [0, 0.1) is 0 Å². The van der Waals surface area contributed by atoms with Crippen LogP contribution in [0.15, 0.2) is 128 Å². The molecule has 0 heterocycles. The highest BCUT2D eigenvalue weighted by atomic mass is 79.9. The average Bonchev–Trinajstić information content (AvgIpc) is 2.88. The monoisotopic (exact) mass is 532 g/mol. The van der Waals surface area contributed by atoms with Crippen molar-refractivity contribution in [3.63, 3.8) is 0 Å². The van der Waals surface area contributed by atoms with Crippen LogP contribution in [0.5, 0.6) is 0 Å². The molecule has 4 rings (SSSR count). The van der Waals surface area contributed by atoms with Crippen LogP contribution >= 0.6 is 24.2 Å². The molecule has 4 aromatic carbocycles. The van der Waals surface area contributed by atoms with Gasteiger partial charge in [-0.2, -0.15) is 0 Å². The van der Waals surface area contributed by atoms with E-state index in [4.69, 9.17) is 4.74 Å². The Balaban J connectivity index is 0.00000324. The van der Waals surface area contributed by atoms with Gasteiger partial charge in [0.15, 0.2) is 0 Å². The van der Waals surface area contributed by atoms with E-state index in [1.807, 2.05) is 36.4 Å². The first-order chi connectivity index (χ1) is 16.1. The van der Waals surface area contributed by atoms with Crippen molar-refractivity contribution in [1.82, 2.24) is 0 Å². The van der Waals surface area contributed by atoms with Crippen LogP contribution in [-0.4, -0.2) is 19.2 Å². The van der Waals surface area contributed by atoms with Gasteiger partial charge in [0, 0.05) is 5.70 Å². The smallest absolute Gasteiger partial charge is 0.339 e. The second-order valence-corrected chi connectivity index (χ2v) is 11.2. The van der Waals surface area contributed by atoms with Gasteiger partial charge in [-0.15, -0.1) is 17.0 Å². The second-order valence-electron chi connectivity index (χ2n) is 7.74. The summed E-state index contributed by atoms with van der Waals surface area (Å²) in [6, 6.07) is 39.4. The lowest BCUT2D eigenvalue weighted by Gasteiger charge is -2.28. The molecule has 0 radical (unpaired) electrons. The summed E-state index contributed by atoms with van der Waals surface area (Å²) in [6.07, 6.45) is 0.709. The minimum Gasteiger partial charge on any atom is -0.465 e. The van der Waals surface area contributed by atoms with Gasteiger partial charge in [-0.05, 0) is 48.5 Å². The number of halogens is 1. The molecule has 4 aromatic rings. The molecule has 0 amide bonds. The van der Waals surface area contributed by atoms with Crippen molar-refractivity contribution in [2.45, 2.75) is 0 Å². The molecule has 0 saturated heterocycles. The largest absolute Gasteiger partial charge is 0.465 e. The van der Waals surface area contributed by atoms with Crippen LogP contribution in [0.25, 0.3) is 0 Å². The number of carbonyl (C=O) groups is 1. The number of benzene rings is 4. The molecular formula is C29H28BrNO2P+. The molecule has 0 fully saturated rings. The maximum absolute atomic E-state index is 12.3. The summed E-state index contributed by atoms with van der Waals surface area (Å²) in [5.41, 5.74) is 2.03. The molecule has 3 nitrogen and oxygen atoms in total. The van der Waals surface area contributed by atoms with Crippen LogP contribution in [0.3, 0.4) is 0 Å². The topological polar surface area (TPSA) is 38.3 Å². The van der Waals surface area contributed by atoms with Crippen molar-refractivity contribution in [2.24, 2.45) is 0 Å². The molecule has 0 aliphatic carbocycles. The van der Waals surface area contributed by atoms with Crippen LogP contribution in [0.2, 0.25) is 0 Å². The van der Waals surface area contributed by atoms with E-state index in [2.05, 4.69) is 84.7 Å². The third-order valence-corrected chi connectivity index (χ3v) is 10.1. The number of methoxy groups -OCH3 is 1. The van der Waals surface area contributed by atoms with E-state index in [-0.39, 0.29) is 23.0 Å². The van der Waals surface area contributed by atoms with Crippen LogP contribution in [-0.2, 0) is 4.74 Å². The Bertz CT molecular complexity index is 1130. The maximum Gasteiger partial charge on any atom is 0.339 e. The van der Waals surface area contributed by atoms with Gasteiger partial charge in [-0.1, -0.05) is 73.3 Å². The molecule has 0 unspecified atom stereocenters. The van der Waals surface area contributed by atoms with Crippen LogP contribution in [0.1, 0.15) is 10.4 Å². The number of carbonyl (C=O) groups excluding carboxylic acids is 1. The molecular weight excluding hydrogens is 505 g/mol. The van der Waals surface area contributed by atoms with E-state index in [1.54, 1.807) is 6.07 Å². The van der Waals surface area contributed by atoms with Crippen molar-refractivity contribution in [3.05, 3.63) is 133 Å². The molecule has 0 atom stereocenters. The zero-order chi connectivity index (χ0) is 23.1. The van der Waals surface area contributed by atoms with E-state index in [9.17, 15) is 4.79 Å². The van der Waals surface area contributed by atoms with Gasteiger partial charge in [0.05, 0.1) is 18.4 Å². The van der Waals surface area contributed by atoms with E-state index >= 15 is 0 Å². The quantitative estimate of drug-likeness (QED) is 0.224. The Morgan fingerprint density at radius 3 is 1.59 bits per heavy atom. The van der Waals surface area contributed by atoms with E-state index in [0.29, 0.717) is 17.4 Å². The number of anilines is 1. The Kier molecular flexibility index (Phi) is 8.81. The average molecular weight is 533 g/mol. The molecule has 0 spiro atoms. The predicted molar refractivity (Wildman–Crippen MR) is 151 cm³/mol. The summed E-state index contributed by atoms with van der Waals surface area (Å²) >= 11 is 0. The standard InChI is InChI=1S/C29H26NO2P.BrH/c1-23(30-28-21-13-12-20-27(28)29(31)32-2)22-33(24-14-6-3-7-15-24,25-16-8-4-9-17-25)26-18-10-5-11-19-26;/h3-21H,1,22H2,2H3;1H/p+1.